The second-order valence-corrected chi connectivity index (χ2v) is 4.52. The second kappa shape index (κ2) is 4.22. The minimum atomic E-state index is 1.15. The molecule has 0 spiro atoms. The van der Waals surface area contributed by atoms with Gasteiger partial charge in [-0.2, -0.15) is 0 Å². The van der Waals surface area contributed by atoms with Crippen molar-refractivity contribution < 1.29 is 0 Å². The molecule has 0 saturated carbocycles. The number of hydrogen-bond donors (Lipinski definition) is 0. The van der Waals surface area contributed by atoms with Crippen LogP contribution in [0.1, 0.15) is 5.56 Å². The van der Waals surface area contributed by atoms with Gasteiger partial charge in [-0.1, -0.05) is 0 Å². The molecule has 48 valence electrons. The summed E-state index contributed by atoms with van der Waals surface area (Å²) in [5.41, 5.74) is 1.42. The molecule has 1 rings (SSSR count). The van der Waals surface area contributed by atoms with Gasteiger partial charge in [0.05, 0.1) is 0 Å². The van der Waals surface area contributed by atoms with Gasteiger partial charge < -0.3 is 0 Å². The van der Waals surface area contributed by atoms with Gasteiger partial charge in [0.1, 0.15) is 0 Å². The average molecular weight is 252 g/mol. The van der Waals surface area contributed by atoms with Gasteiger partial charge in [0.15, 0.2) is 0 Å². The first-order chi connectivity index (χ1) is 4.43. The molecule has 0 bridgehead atoms. The average Bonchev–Trinajstić information content (AvgIpc) is 1.91. The predicted molar refractivity (Wildman–Crippen MR) is 44.9 cm³/mol. The van der Waals surface area contributed by atoms with Gasteiger partial charge in [0.2, 0.25) is 0 Å². The Morgan fingerprint density at radius 2 is 1.89 bits per heavy atom. The van der Waals surface area contributed by atoms with Gasteiger partial charge in [0, 0.05) is 0 Å². The summed E-state index contributed by atoms with van der Waals surface area (Å²) >= 11 is 1.80. The van der Waals surface area contributed by atoms with Crippen LogP contribution in [0.25, 0.3) is 0 Å². The van der Waals surface area contributed by atoms with Crippen molar-refractivity contribution in [2.75, 3.05) is 0 Å². The normalized spacial score (nSPS) is 9.44. The van der Waals surface area contributed by atoms with Crippen molar-refractivity contribution in [1.82, 2.24) is 0 Å². The summed E-state index contributed by atoms with van der Waals surface area (Å²) in [6.07, 6.45) is 0. The van der Waals surface area contributed by atoms with Gasteiger partial charge >= 0.3 is 71.6 Å². The fraction of sp³-hybridized carbons (Fsp3) is 0.143. The number of benzene rings is 1. The monoisotopic (exact) mass is 254 g/mol. The quantitative estimate of drug-likeness (QED) is 0.722. The van der Waals surface area contributed by atoms with Crippen LogP contribution < -0.4 is 0 Å². The Balaban J connectivity index is 2.61. The molecular weight excluding hydrogens is 244 g/mol. The zero-order valence-corrected chi connectivity index (χ0v) is 8.32. The molecule has 1 aromatic rings. The summed E-state index contributed by atoms with van der Waals surface area (Å²) in [5, 5.41) is 0. The van der Waals surface area contributed by atoms with Crippen molar-refractivity contribution in [3.05, 3.63) is 35.9 Å². The molecule has 0 aromatic heterocycles. The molecular formula is C7H8STe. The van der Waals surface area contributed by atoms with E-state index in [-0.39, 0.29) is 0 Å². The Morgan fingerprint density at radius 3 is 2.44 bits per heavy atom. The van der Waals surface area contributed by atoms with Gasteiger partial charge in [0.25, 0.3) is 0 Å². The summed E-state index contributed by atoms with van der Waals surface area (Å²) in [5.74, 6) is 1.15. The van der Waals surface area contributed by atoms with Crippen molar-refractivity contribution in [2.45, 2.75) is 5.75 Å². The molecule has 0 fully saturated rings. The molecule has 2 heteroatoms. The second-order valence-electron chi connectivity index (χ2n) is 1.76. The van der Waals surface area contributed by atoms with E-state index in [1.807, 2.05) is 15.1 Å². The third-order valence-corrected chi connectivity index (χ3v) is 2.64. The predicted octanol–water partition coefficient (Wildman–Crippen LogP) is 1.74. The van der Waals surface area contributed by atoms with Crippen molar-refractivity contribution in [3.8, 4) is 0 Å². The molecule has 0 atom stereocenters. The van der Waals surface area contributed by atoms with Gasteiger partial charge in [-0.15, -0.1) is 0 Å². The maximum atomic E-state index is 2.16. The van der Waals surface area contributed by atoms with E-state index in [2.05, 4.69) is 24.3 Å². The summed E-state index contributed by atoms with van der Waals surface area (Å²) in [6.45, 7) is 0. The summed E-state index contributed by atoms with van der Waals surface area (Å²) in [7, 11) is 1.90. The molecule has 0 radical (unpaired) electrons. The fourth-order valence-electron chi connectivity index (χ4n) is 0.649. The van der Waals surface area contributed by atoms with E-state index >= 15 is 0 Å². The molecule has 0 amide bonds. The zero-order valence-electron chi connectivity index (χ0n) is 4.95. The standard InChI is InChI=1S/C7H8STe/c9-8-6-7-4-2-1-3-5-7/h1-5,9H,6H2. The Morgan fingerprint density at radius 1 is 1.22 bits per heavy atom. The molecule has 0 aliphatic carbocycles. The molecule has 1 aromatic carbocycles. The Bertz CT molecular complexity index is 162. The van der Waals surface area contributed by atoms with Crippen LogP contribution in [0.5, 0.6) is 0 Å². The van der Waals surface area contributed by atoms with Crippen LogP contribution in [-0.2, 0) is 5.75 Å². The van der Waals surface area contributed by atoms with E-state index in [4.69, 9.17) is 0 Å². The Hall–Kier alpha value is 0.360. The van der Waals surface area contributed by atoms with E-state index < -0.39 is 0 Å². The molecule has 0 saturated heterocycles. The Kier molecular flexibility index (Phi) is 3.50. The zero-order chi connectivity index (χ0) is 6.53. The maximum absolute atomic E-state index is 2.16. The third kappa shape index (κ3) is 2.62. The molecule has 0 unspecified atom stereocenters. The van der Waals surface area contributed by atoms with Crippen LogP contribution >= 0.6 is 8.99 Å². The molecule has 0 heterocycles. The Labute approximate surface area is 71.4 Å². The van der Waals surface area contributed by atoms with Crippen molar-refractivity contribution in [3.63, 3.8) is 0 Å². The first-order valence-corrected chi connectivity index (χ1v) is 6.80. The molecule has 0 nitrogen and oxygen atoms in total. The van der Waals surface area contributed by atoms with E-state index in [0.717, 1.165) is 5.75 Å². The van der Waals surface area contributed by atoms with E-state index in [1.54, 1.807) is 20.9 Å². The SMILES string of the molecule is [TeH]SCc1ccccc1. The van der Waals surface area contributed by atoms with Crippen LogP contribution in [-0.4, -0.2) is 20.9 Å². The van der Waals surface area contributed by atoms with E-state index in [0.29, 0.717) is 0 Å². The molecule has 0 N–H and O–H groups in total. The van der Waals surface area contributed by atoms with Crippen LogP contribution in [0.15, 0.2) is 30.3 Å². The number of hydrogen-bond acceptors (Lipinski definition) is 1. The first kappa shape index (κ1) is 7.47. The molecule has 0 aliphatic rings. The van der Waals surface area contributed by atoms with Crippen LogP contribution in [0.3, 0.4) is 0 Å². The molecule has 9 heavy (non-hydrogen) atoms. The minimum absolute atomic E-state index is 1.15. The van der Waals surface area contributed by atoms with Crippen molar-refractivity contribution >= 4 is 29.9 Å². The van der Waals surface area contributed by atoms with Crippen LogP contribution in [0.2, 0.25) is 0 Å². The summed E-state index contributed by atoms with van der Waals surface area (Å²) < 4.78 is 0. The van der Waals surface area contributed by atoms with E-state index in [1.165, 1.54) is 5.56 Å². The van der Waals surface area contributed by atoms with Gasteiger partial charge in [-0.3, -0.25) is 0 Å². The van der Waals surface area contributed by atoms with E-state index in [9.17, 15) is 0 Å². The van der Waals surface area contributed by atoms with Crippen molar-refractivity contribution in [2.24, 2.45) is 0 Å². The number of rotatable bonds is 2. The third-order valence-electron chi connectivity index (χ3n) is 1.07. The fourth-order valence-corrected chi connectivity index (χ4v) is 2.27. The van der Waals surface area contributed by atoms with Gasteiger partial charge in [-0.05, 0) is 0 Å². The summed E-state index contributed by atoms with van der Waals surface area (Å²) in [4.78, 5) is 0. The first-order valence-electron chi connectivity index (χ1n) is 2.74. The van der Waals surface area contributed by atoms with Crippen LogP contribution in [0.4, 0.5) is 0 Å². The summed E-state index contributed by atoms with van der Waals surface area (Å²) in [6, 6.07) is 10.5. The topological polar surface area (TPSA) is 0 Å². The van der Waals surface area contributed by atoms with Crippen LogP contribution in [0, 0.1) is 0 Å². The van der Waals surface area contributed by atoms with Gasteiger partial charge in [-0.25, -0.2) is 0 Å². The molecule has 0 aliphatic heterocycles. The van der Waals surface area contributed by atoms with Crippen molar-refractivity contribution in [1.29, 1.82) is 0 Å².